The van der Waals surface area contributed by atoms with Gasteiger partial charge in [0.2, 0.25) is 5.91 Å². The highest BCUT2D eigenvalue weighted by Crippen LogP contribution is 2.32. The summed E-state index contributed by atoms with van der Waals surface area (Å²) in [4.78, 5) is 17.5. The first-order chi connectivity index (χ1) is 14.6. The van der Waals surface area contributed by atoms with Gasteiger partial charge in [0.1, 0.15) is 19.3 Å². The molecule has 1 fully saturated rings. The van der Waals surface area contributed by atoms with Crippen LogP contribution < -0.4 is 25.0 Å². The van der Waals surface area contributed by atoms with E-state index in [1.807, 2.05) is 31.2 Å². The van der Waals surface area contributed by atoms with Crippen molar-refractivity contribution in [3.63, 3.8) is 0 Å². The van der Waals surface area contributed by atoms with Crippen LogP contribution >= 0.6 is 0 Å². The van der Waals surface area contributed by atoms with Gasteiger partial charge in [-0.2, -0.15) is 0 Å². The fourth-order valence-corrected chi connectivity index (χ4v) is 3.78. The summed E-state index contributed by atoms with van der Waals surface area (Å²) in [6.45, 7) is 10.6. The third-order valence-corrected chi connectivity index (χ3v) is 5.64. The van der Waals surface area contributed by atoms with Gasteiger partial charge in [0, 0.05) is 49.3 Å². The van der Waals surface area contributed by atoms with E-state index >= 15 is 0 Å². The molecule has 0 aliphatic carbocycles. The highest BCUT2D eigenvalue weighted by atomic mass is 16.6. The van der Waals surface area contributed by atoms with Gasteiger partial charge >= 0.3 is 0 Å². The van der Waals surface area contributed by atoms with Crippen molar-refractivity contribution in [1.29, 1.82) is 0 Å². The van der Waals surface area contributed by atoms with Gasteiger partial charge in [-0.05, 0) is 49.9 Å². The number of rotatable bonds is 6. The summed E-state index contributed by atoms with van der Waals surface area (Å²) in [6, 6.07) is 13.4. The molecule has 2 aliphatic rings. The highest BCUT2D eigenvalue weighted by molar-refractivity contribution is 5.96. The standard InChI is InChI=1S/C23H30N4O3/c1-3-26-10-12-27(13-11-26)20-7-4-18(5-8-20)24-17(2)23(28)25-19-6-9-21-22(16-19)30-15-14-29-21/h4-9,16-17,24H,3,10-15H2,1-2H3,(H,25,28)/t17-/m1/s1. The van der Waals surface area contributed by atoms with Gasteiger partial charge in [-0.15, -0.1) is 0 Å². The molecule has 0 bridgehead atoms. The molecule has 2 N–H and O–H groups in total. The Hall–Kier alpha value is -2.93. The van der Waals surface area contributed by atoms with Crippen molar-refractivity contribution in [3.8, 4) is 11.5 Å². The Kier molecular flexibility index (Phi) is 6.28. The lowest BCUT2D eigenvalue weighted by molar-refractivity contribution is -0.116. The SMILES string of the molecule is CCN1CCN(c2ccc(N[C@H](C)C(=O)Nc3ccc4c(c3)OCCO4)cc2)CC1. The Morgan fingerprint density at radius 2 is 1.63 bits per heavy atom. The number of nitrogens with zero attached hydrogens (tertiary/aromatic N) is 2. The number of nitrogens with one attached hydrogen (secondary N) is 2. The second-order valence-electron chi connectivity index (χ2n) is 7.68. The Labute approximate surface area is 177 Å². The average molecular weight is 411 g/mol. The molecule has 2 aromatic carbocycles. The first kappa shape index (κ1) is 20.3. The molecule has 7 heteroatoms. The molecule has 0 spiro atoms. The van der Waals surface area contributed by atoms with Crippen LogP contribution in [0.15, 0.2) is 42.5 Å². The minimum atomic E-state index is -0.378. The van der Waals surface area contributed by atoms with Gasteiger partial charge in [0.05, 0.1) is 0 Å². The molecule has 0 saturated carbocycles. The Bertz CT molecular complexity index is 863. The van der Waals surface area contributed by atoms with Crippen LogP contribution in [0, 0.1) is 0 Å². The van der Waals surface area contributed by atoms with Crippen molar-refractivity contribution in [3.05, 3.63) is 42.5 Å². The second kappa shape index (κ2) is 9.26. The first-order valence-electron chi connectivity index (χ1n) is 10.7. The number of carbonyl (C=O) groups excluding carboxylic acids is 1. The maximum absolute atomic E-state index is 12.6. The topological polar surface area (TPSA) is 66.1 Å². The largest absolute Gasteiger partial charge is 0.486 e. The lowest BCUT2D eigenvalue weighted by Gasteiger charge is -2.35. The molecule has 4 rings (SSSR count). The number of ether oxygens (including phenoxy) is 2. The normalized spacial score (nSPS) is 17.3. The Balaban J connectivity index is 1.31. The van der Waals surface area contributed by atoms with Gasteiger partial charge in [0.25, 0.3) is 0 Å². The van der Waals surface area contributed by atoms with Crippen LogP contribution in [0.1, 0.15) is 13.8 Å². The summed E-state index contributed by atoms with van der Waals surface area (Å²) in [7, 11) is 0. The second-order valence-corrected chi connectivity index (χ2v) is 7.68. The molecule has 7 nitrogen and oxygen atoms in total. The lowest BCUT2D eigenvalue weighted by atomic mass is 10.2. The minimum absolute atomic E-state index is 0.105. The zero-order valence-corrected chi connectivity index (χ0v) is 17.7. The summed E-state index contributed by atoms with van der Waals surface area (Å²) in [5, 5.41) is 6.21. The van der Waals surface area contributed by atoms with Crippen LogP contribution in [-0.2, 0) is 4.79 Å². The molecule has 2 aromatic rings. The molecule has 30 heavy (non-hydrogen) atoms. The van der Waals surface area contributed by atoms with Crippen molar-refractivity contribution < 1.29 is 14.3 Å². The van der Waals surface area contributed by atoms with E-state index in [0.29, 0.717) is 30.4 Å². The number of hydrogen-bond donors (Lipinski definition) is 2. The summed E-state index contributed by atoms with van der Waals surface area (Å²) >= 11 is 0. The zero-order chi connectivity index (χ0) is 20.9. The number of hydrogen-bond acceptors (Lipinski definition) is 6. The molecule has 0 radical (unpaired) electrons. The van der Waals surface area contributed by atoms with E-state index in [-0.39, 0.29) is 11.9 Å². The lowest BCUT2D eigenvalue weighted by Crippen LogP contribution is -2.46. The molecule has 1 saturated heterocycles. The van der Waals surface area contributed by atoms with Crippen LogP contribution in [0.2, 0.25) is 0 Å². The van der Waals surface area contributed by atoms with E-state index in [4.69, 9.17) is 9.47 Å². The number of likely N-dealkylation sites (N-methyl/N-ethyl adjacent to an activating group) is 1. The Morgan fingerprint density at radius 1 is 0.967 bits per heavy atom. The van der Waals surface area contributed by atoms with E-state index in [1.54, 1.807) is 6.07 Å². The number of benzene rings is 2. The molecule has 1 atom stereocenters. The molecular weight excluding hydrogens is 380 g/mol. The highest BCUT2D eigenvalue weighted by Gasteiger charge is 2.18. The summed E-state index contributed by atoms with van der Waals surface area (Å²) in [5.74, 6) is 1.27. The average Bonchev–Trinajstić information content (AvgIpc) is 2.79. The third-order valence-electron chi connectivity index (χ3n) is 5.64. The van der Waals surface area contributed by atoms with E-state index in [9.17, 15) is 4.79 Å². The fraction of sp³-hybridized carbons (Fsp3) is 0.435. The summed E-state index contributed by atoms with van der Waals surface area (Å²) < 4.78 is 11.1. The molecular formula is C23H30N4O3. The quantitative estimate of drug-likeness (QED) is 0.763. The molecule has 160 valence electrons. The number of carbonyl (C=O) groups is 1. The van der Waals surface area contributed by atoms with Crippen molar-refractivity contribution in [1.82, 2.24) is 4.90 Å². The van der Waals surface area contributed by atoms with Crippen LogP contribution in [0.4, 0.5) is 17.1 Å². The van der Waals surface area contributed by atoms with E-state index in [2.05, 4.69) is 39.5 Å². The van der Waals surface area contributed by atoms with Gasteiger partial charge in [-0.25, -0.2) is 0 Å². The molecule has 1 amide bonds. The predicted octanol–water partition coefficient (Wildman–Crippen LogP) is 3.04. The van der Waals surface area contributed by atoms with Gasteiger partial charge < -0.3 is 29.9 Å². The smallest absolute Gasteiger partial charge is 0.246 e. The van der Waals surface area contributed by atoms with Crippen LogP contribution in [0.25, 0.3) is 0 Å². The molecule has 2 aliphatic heterocycles. The van der Waals surface area contributed by atoms with Crippen LogP contribution in [0.5, 0.6) is 11.5 Å². The van der Waals surface area contributed by atoms with Crippen LogP contribution in [0.3, 0.4) is 0 Å². The van der Waals surface area contributed by atoms with E-state index in [0.717, 1.165) is 38.4 Å². The number of amides is 1. The monoisotopic (exact) mass is 410 g/mol. The van der Waals surface area contributed by atoms with Gasteiger partial charge in [-0.3, -0.25) is 4.79 Å². The number of anilines is 3. The van der Waals surface area contributed by atoms with Crippen LogP contribution in [-0.4, -0.2) is 62.8 Å². The van der Waals surface area contributed by atoms with Gasteiger partial charge in [0.15, 0.2) is 11.5 Å². The maximum atomic E-state index is 12.6. The van der Waals surface area contributed by atoms with Crippen molar-refractivity contribution in [2.75, 3.05) is 61.5 Å². The van der Waals surface area contributed by atoms with E-state index in [1.165, 1.54) is 5.69 Å². The fourth-order valence-electron chi connectivity index (χ4n) is 3.78. The molecule has 0 aromatic heterocycles. The number of fused-ring (bicyclic) bond motifs is 1. The first-order valence-corrected chi connectivity index (χ1v) is 10.7. The minimum Gasteiger partial charge on any atom is -0.486 e. The maximum Gasteiger partial charge on any atom is 0.246 e. The zero-order valence-electron chi connectivity index (χ0n) is 17.7. The van der Waals surface area contributed by atoms with Crippen molar-refractivity contribution in [2.45, 2.75) is 19.9 Å². The van der Waals surface area contributed by atoms with Gasteiger partial charge in [-0.1, -0.05) is 6.92 Å². The summed E-state index contributed by atoms with van der Waals surface area (Å²) in [6.07, 6.45) is 0. The van der Waals surface area contributed by atoms with E-state index < -0.39 is 0 Å². The Morgan fingerprint density at radius 3 is 2.33 bits per heavy atom. The number of piperazine rings is 1. The van der Waals surface area contributed by atoms with Crippen molar-refractivity contribution in [2.24, 2.45) is 0 Å². The van der Waals surface area contributed by atoms with Crippen molar-refractivity contribution >= 4 is 23.0 Å². The predicted molar refractivity (Wildman–Crippen MR) is 120 cm³/mol. The molecule has 2 heterocycles. The summed E-state index contributed by atoms with van der Waals surface area (Å²) in [5.41, 5.74) is 2.85. The third kappa shape index (κ3) is 4.79. The molecule has 0 unspecified atom stereocenters.